The monoisotopic (exact) mass is 1250 g/mol. The Hall–Kier alpha value is -5.94. The lowest BCUT2D eigenvalue weighted by atomic mass is 9.78. The van der Waals surface area contributed by atoms with Crippen LogP contribution in [0.1, 0.15) is 272 Å². The van der Waals surface area contributed by atoms with E-state index in [-0.39, 0.29) is 56.5 Å². The molecule has 0 amide bonds. The van der Waals surface area contributed by atoms with Gasteiger partial charge in [-0.05, 0) is 214 Å². The van der Waals surface area contributed by atoms with Gasteiger partial charge in [-0.1, -0.05) is 215 Å². The molecule has 0 heterocycles. The van der Waals surface area contributed by atoms with E-state index in [1.165, 1.54) is 0 Å². The largest absolute Gasteiger partial charge is 0.507 e. The molecule has 0 aliphatic carbocycles. The number of aryl methyl sites for hydroxylation is 2. The quantitative estimate of drug-likeness (QED) is 0.0757. The molecular weight excluding hydrogens is 1140 g/mol. The molecular formula is C79H111NO7S2. The molecule has 0 saturated heterocycles. The average Bonchev–Trinajstić information content (AvgIpc) is 1.07. The van der Waals surface area contributed by atoms with Crippen LogP contribution in [0.15, 0.2) is 72.8 Å². The molecule has 10 heteroatoms. The second-order valence-electron chi connectivity index (χ2n) is 33.4. The molecule has 486 valence electrons. The summed E-state index contributed by atoms with van der Waals surface area (Å²) in [6.07, 6.45) is 0. The topological polar surface area (TPSA) is 123 Å². The molecule has 0 aliphatic heterocycles. The van der Waals surface area contributed by atoms with Gasteiger partial charge >= 0.3 is 0 Å². The molecule has 0 saturated carbocycles. The maximum atomic E-state index is 11.5. The predicted molar refractivity (Wildman–Crippen MR) is 381 cm³/mol. The highest BCUT2D eigenvalue weighted by Gasteiger charge is 2.32. The van der Waals surface area contributed by atoms with Crippen LogP contribution in [0.2, 0.25) is 0 Å². The molecule has 0 fully saturated rings. The molecule has 0 aromatic heterocycles. The lowest BCUT2D eigenvalue weighted by Crippen LogP contribution is -2.26. The Morgan fingerprint density at radius 2 is 0.517 bits per heavy atom. The Kier molecular flexibility index (Phi) is 22.2. The summed E-state index contributed by atoms with van der Waals surface area (Å²) in [4.78, 5) is 2.47. The van der Waals surface area contributed by atoms with E-state index in [1.54, 1.807) is 0 Å². The molecule has 0 aliphatic rings. The molecule has 0 bridgehead atoms. The molecule has 89 heavy (non-hydrogen) atoms. The van der Waals surface area contributed by atoms with Crippen molar-refractivity contribution in [1.29, 1.82) is 0 Å². The summed E-state index contributed by atoms with van der Waals surface area (Å²) >= 11 is 11.1. The average molecular weight is 1250 g/mol. The number of benzene rings is 6. The van der Waals surface area contributed by atoms with Crippen molar-refractivity contribution in [1.82, 2.24) is 4.90 Å². The van der Waals surface area contributed by atoms with Crippen molar-refractivity contribution in [2.75, 3.05) is 0 Å². The lowest BCUT2D eigenvalue weighted by Gasteiger charge is -2.32. The van der Waals surface area contributed by atoms with E-state index in [1.807, 2.05) is 64.1 Å². The standard InChI is InChI=1S/C45H69NO3.C34H42O4S2/c1-40(2,3)31-19-28(20-32(37(31)47)41(4,5)6)25-46(26-29-21-33(42(7,8)9)38(48)34(22-29)43(10,11)12)27-30-23-35(44(13,14)15)39(49)36(24-30)45(16,17)18;1-19-15-27(33(5,6)7)29(35)21(3)25(19)17-37-31(39)23-11-13-24(14-12-23)32(40)38-18-26-20(2)16-28(34(8,9)10)30(36)22(26)4/h19-24,47-49H,25-27H2,1-18H3;11-16,35-36H,17-18H2,1-10H3. The summed E-state index contributed by atoms with van der Waals surface area (Å²) in [6, 6.07) is 24.7. The van der Waals surface area contributed by atoms with Crippen LogP contribution in [0, 0.1) is 27.7 Å². The van der Waals surface area contributed by atoms with Gasteiger partial charge in [0.25, 0.3) is 0 Å². The van der Waals surface area contributed by atoms with Gasteiger partial charge in [-0.25, -0.2) is 0 Å². The number of nitrogens with zero attached hydrogens (tertiary/aromatic N) is 1. The number of phenols is 5. The first-order valence-corrected chi connectivity index (χ1v) is 32.5. The van der Waals surface area contributed by atoms with Crippen LogP contribution in [0.5, 0.6) is 28.7 Å². The third-order valence-electron chi connectivity index (χ3n) is 17.0. The van der Waals surface area contributed by atoms with Gasteiger partial charge in [0.05, 0.1) is 0 Å². The molecule has 0 spiro atoms. The Labute approximate surface area is 548 Å². The Bertz CT molecular complexity index is 3150. The van der Waals surface area contributed by atoms with Crippen LogP contribution in [0.25, 0.3) is 0 Å². The first-order valence-electron chi connectivity index (χ1n) is 31.7. The number of thiocarbonyl (C=S) groups is 2. The predicted octanol–water partition coefficient (Wildman–Crippen LogP) is 20.5. The van der Waals surface area contributed by atoms with Crippen LogP contribution in [-0.4, -0.2) is 40.5 Å². The maximum absolute atomic E-state index is 11.5. The fourth-order valence-corrected chi connectivity index (χ4v) is 11.9. The SMILES string of the molecule is CC(C)(C)c1cc(CN(Cc2cc(C(C)(C)C)c(O)c(C(C)(C)C)c2)Cc2cc(C(C)(C)C)c(O)c(C(C)(C)C)c2)cc(C(C)(C)C)c1O.Cc1cc(C(C)(C)C)c(O)c(C)c1COC(=S)c1ccc(C(=S)OCc2c(C)cc(C(C)(C)C)c(O)c2C)cc1. The zero-order valence-electron chi connectivity index (χ0n) is 59.8. The minimum Gasteiger partial charge on any atom is -0.507 e. The molecule has 8 nitrogen and oxygen atoms in total. The summed E-state index contributed by atoms with van der Waals surface area (Å²) in [5.74, 6) is 1.79. The van der Waals surface area contributed by atoms with Crippen LogP contribution >= 0.6 is 24.4 Å². The van der Waals surface area contributed by atoms with Crippen molar-refractivity contribution < 1.29 is 35.0 Å². The highest BCUT2D eigenvalue weighted by atomic mass is 32.1. The van der Waals surface area contributed by atoms with Crippen LogP contribution in [0.3, 0.4) is 0 Å². The lowest BCUT2D eigenvalue weighted by molar-refractivity contribution is 0.246. The summed E-state index contributed by atoms with van der Waals surface area (Å²) in [5.41, 5.74) is 16.5. The third-order valence-corrected chi connectivity index (χ3v) is 17.8. The smallest absolute Gasteiger partial charge is 0.191 e. The van der Waals surface area contributed by atoms with Gasteiger partial charge in [-0.3, -0.25) is 4.90 Å². The van der Waals surface area contributed by atoms with Gasteiger partial charge in [-0.2, -0.15) is 0 Å². The van der Waals surface area contributed by atoms with E-state index >= 15 is 0 Å². The van der Waals surface area contributed by atoms with E-state index in [4.69, 9.17) is 33.9 Å². The van der Waals surface area contributed by atoms with Gasteiger partial charge in [0.1, 0.15) is 42.0 Å². The van der Waals surface area contributed by atoms with Gasteiger partial charge in [0.2, 0.25) is 0 Å². The third kappa shape index (κ3) is 18.2. The number of ether oxygens (including phenoxy) is 2. The Morgan fingerprint density at radius 1 is 0.326 bits per heavy atom. The zero-order valence-corrected chi connectivity index (χ0v) is 61.4. The van der Waals surface area contributed by atoms with Crippen molar-refractivity contribution in [3.8, 4) is 28.7 Å². The van der Waals surface area contributed by atoms with Crippen LogP contribution in [-0.2, 0) is 85.6 Å². The van der Waals surface area contributed by atoms with Crippen LogP contribution < -0.4 is 0 Å². The van der Waals surface area contributed by atoms with Crippen molar-refractivity contribution in [3.05, 3.63) is 179 Å². The zero-order chi connectivity index (χ0) is 68.0. The van der Waals surface area contributed by atoms with E-state index < -0.39 is 0 Å². The van der Waals surface area contributed by atoms with Crippen molar-refractivity contribution >= 4 is 34.5 Å². The van der Waals surface area contributed by atoms with Crippen molar-refractivity contribution in [2.24, 2.45) is 0 Å². The second-order valence-corrected chi connectivity index (χ2v) is 34.1. The number of aromatic hydroxyl groups is 5. The molecule has 6 aromatic rings. The summed E-state index contributed by atoms with van der Waals surface area (Å²) in [6.45, 7) is 61.8. The van der Waals surface area contributed by atoms with Gasteiger partial charge in [0, 0.05) is 30.8 Å². The molecule has 5 N–H and O–H groups in total. The molecule has 6 rings (SSSR count). The molecule has 0 unspecified atom stereocenters. The Morgan fingerprint density at radius 3 is 0.708 bits per heavy atom. The molecule has 6 aromatic carbocycles. The minimum atomic E-state index is -0.231. The van der Waals surface area contributed by atoms with Gasteiger partial charge in [0.15, 0.2) is 10.1 Å². The van der Waals surface area contributed by atoms with E-state index in [2.05, 4.69) is 207 Å². The van der Waals surface area contributed by atoms with Gasteiger partial charge < -0.3 is 35.0 Å². The number of phenolic OH excluding ortho intramolecular Hbond substituents is 5. The first-order chi connectivity index (χ1) is 40.2. The van der Waals surface area contributed by atoms with Crippen LogP contribution in [0.4, 0.5) is 0 Å². The molecule has 0 atom stereocenters. The Balaban J connectivity index is 0.000000330. The summed E-state index contributed by atoms with van der Waals surface area (Å²) < 4.78 is 11.9. The number of hydrogen-bond donors (Lipinski definition) is 5. The van der Waals surface area contributed by atoms with Crippen molar-refractivity contribution in [3.63, 3.8) is 0 Å². The fourth-order valence-electron chi connectivity index (χ4n) is 11.5. The minimum absolute atomic E-state index is 0.156. The maximum Gasteiger partial charge on any atom is 0.191 e. The fraction of sp³-hybridized carbons (Fsp3) is 0.519. The highest BCUT2D eigenvalue weighted by molar-refractivity contribution is 7.80. The number of hydrogen-bond acceptors (Lipinski definition) is 10. The van der Waals surface area contributed by atoms with Crippen molar-refractivity contribution in [2.45, 2.75) is 270 Å². The van der Waals surface area contributed by atoms with E-state index in [0.29, 0.717) is 58.5 Å². The first kappa shape index (κ1) is 73.8. The summed E-state index contributed by atoms with van der Waals surface area (Å²) in [5, 5.41) is 56.8. The van der Waals surface area contributed by atoms with E-state index in [0.717, 1.165) is 106 Å². The second kappa shape index (κ2) is 26.7. The van der Waals surface area contributed by atoms with E-state index in [9.17, 15) is 25.5 Å². The molecule has 0 radical (unpaired) electrons. The van der Waals surface area contributed by atoms with Gasteiger partial charge in [-0.15, -0.1) is 0 Å². The number of rotatable bonds is 12. The normalized spacial score (nSPS) is 12.9. The summed E-state index contributed by atoms with van der Waals surface area (Å²) in [7, 11) is 0. The highest BCUT2D eigenvalue weighted by Crippen LogP contribution is 2.45.